The standard InChI is InChI=1S/C25H30N4O2S/c1-28-10-12-29(13-11-28)17-19-6-5-8-20(14-19)25-27-22(18-32-25)15-24(30)26-16-21-7-3-4-9-23(21)31-2/h3-9,14,18H,10-13,15-17H2,1-2H3,(H,26,30). The van der Waals surface area contributed by atoms with E-state index in [-0.39, 0.29) is 12.3 Å². The van der Waals surface area contributed by atoms with E-state index < -0.39 is 0 Å². The molecule has 2 aromatic carbocycles. The first-order valence-corrected chi connectivity index (χ1v) is 11.8. The summed E-state index contributed by atoms with van der Waals surface area (Å²) in [4.78, 5) is 22.0. The topological polar surface area (TPSA) is 57.7 Å². The van der Waals surface area contributed by atoms with Crippen molar-refractivity contribution in [3.8, 4) is 16.3 Å². The van der Waals surface area contributed by atoms with Crippen molar-refractivity contribution in [2.75, 3.05) is 40.3 Å². The van der Waals surface area contributed by atoms with Crippen LogP contribution in [0.2, 0.25) is 0 Å². The molecule has 1 aliphatic rings. The highest BCUT2D eigenvalue weighted by Crippen LogP contribution is 2.25. The maximum atomic E-state index is 12.4. The molecule has 1 aliphatic heterocycles. The number of carbonyl (C=O) groups excluding carboxylic acids is 1. The van der Waals surface area contributed by atoms with Gasteiger partial charge in [0, 0.05) is 55.8 Å². The average Bonchev–Trinajstić information content (AvgIpc) is 3.28. The summed E-state index contributed by atoms with van der Waals surface area (Å²) in [6.45, 7) is 5.85. The number of amides is 1. The number of aromatic nitrogens is 1. The van der Waals surface area contributed by atoms with Crippen LogP contribution in [0.3, 0.4) is 0 Å². The van der Waals surface area contributed by atoms with Crippen LogP contribution in [0.5, 0.6) is 5.75 Å². The van der Waals surface area contributed by atoms with E-state index in [0.29, 0.717) is 6.54 Å². The van der Waals surface area contributed by atoms with Crippen LogP contribution in [0.4, 0.5) is 0 Å². The minimum absolute atomic E-state index is 0.0448. The summed E-state index contributed by atoms with van der Waals surface area (Å²) < 4.78 is 5.34. The molecule has 0 radical (unpaired) electrons. The van der Waals surface area contributed by atoms with E-state index in [0.717, 1.165) is 60.3 Å². The van der Waals surface area contributed by atoms with Crippen molar-refractivity contribution in [2.24, 2.45) is 0 Å². The molecule has 6 nitrogen and oxygen atoms in total. The van der Waals surface area contributed by atoms with E-state index in [4.69, 9.17) is 9.72 Å². The lowest BCUT2D eigenvalue weighted by molar-refractivity contribution is -0.120. The predicted octanol–water partition coefficient (Wildman–Crippen LogP) is 3.43. The molecular weight excluding hydrogens is 420 g/mol. The molecule has 0 unspecified atom stereocenters. The van der Waals surface area contributed by atoms with E-state index in [1.807, 2.05) is 29.6 Å². The van der Waals surface area contributed by atoms with Crippen LogP contribution in [-0.4, -0.2) is 61.0 Å². The second-order valence-electron chi connectivity index (χ2n) is 8.19. The predicted molar refractivity (Wildman–Crippen MR) is 129 cm³/mol. The first kappa shape index (κ1) is 22.5. The molecule has 0 bridgehead atoms. The van der Waals surface area contributed by atoms with Crippen LogP contribution < -0.4 is 10.1 Å². The number of thiazole rings is 1. The van der Waals surface area contributed by atoms with Gasteiger partial charge >= 0.3 is 0 Å². The number of para-hydroxylation sites is 1. The lowest BCUT2D eigenvalue weighted by atomic mass is 10.1. The maximum Gasteiger partial charge on any atom is 0.226 e. The van der Waals surface area contributed by atoms with E-state index in [9.17, 15) is 4.79 Å². The molecule has 4 rings (SSSR count). The minimum atomic E-state index is -0.0448. The van der Waals surface area contributed by atoms with Crippen LogP contribution in [-0.2, 0) is 24.3 Å². The summed E-state index contributed by atoms with van der Waals surface area (Å²) in [5, 5.41) is 5.90. The molecule has 0 aliphatic carbocycles. The molecule has 1 N–H and O–H groups in total. The first-order valence-electron chi connectivity index (χ1n) is 10.9. The Bertz CT molecular complexity index is 1040. The van der Waals surface area contributed by atoms with Gasteiger partial charge in [-0.25, -0.2) is 4.98 Å². The monoisotopic (exact) mass is 450 g/mol. The fourth-order valence-electron chi connectivity index (χ4n) is 3.86. The van der Waals surface area contributed by atoms with Gasteiger partial charge in [0.1, 0.15) is 10.8 Å². The molecule has 1 aromatic heterocycles. The quantitative estimate of drug-likeness (QED) is 0.570. The van der Waals surface area contributed by atoms with Gasteiger partial charge in [0.05, 0.1) is 19.2 Å². The Hall–Kier alpha value is -2.74. The number of likely N-dealkylation sites (N-methyl/N-ethyl adjacent to an activating group) is 1. The number of piperazine rings is 1. The Labute approximate surface area is 193 Å². The fourth-order valence-corrected chi connectivity index (χ4v) is 4.67. The lowest BCUT2D eigenvalue weighted by Crippen LogP contribution is -2.43. The third kappa shape index (κ3) is 5.94. The number of methoxy groups -OCH3 is 1. The second kappa shape index (κ2) is 10.7. The van der Waals surface area contributed by atoms with E-state index in [2.05, 4.69) is 46.4 Å². The van der Waals surface area contributed by atoms with Gasteiger partial charge in [-0.05, 0) is 24.7 Å². The maximum absolute atomic E-state index is 12.4. The van der Waals surface area contributed by atoms with E-state index in [1.165, 1.54) is 5.56 Å². The number of hydrogen-bond acceptors (Lipinski definition) is 6. The molecule has 1 amide bonds. The minimum Gasteiger partial charge on any atom is -0.496 e. The molecule has 2 heterocycles. The number of ether oxygens (including phenoxy) is 1. The van der Waals surface area contributed by atoms with Crippen molar-refractivity contribution in [3.05, 3.63) is 70.7 Å². The molecule has 1 saturated heterocycles. The number of nitrogens with zero attached hydrogens (tertiary/aromatic N) is 3. The lowest BCUT2D eigenvalue weighted by Gasteiger charge is -2.32. The molecule has 0 atom stereocenters. The van der Waals surface area contributed by atoms with Crippen LogP contribution in [0, 0.1) is 0 Å². The number of hydrogen-bond donors (Lipinski definition) is 1. The average molecular weight is 451 g/mol. The Morgan fingerprint density at radius 3 is 2.75 bits per heavy atom. The summed E-state index contributed by atoms with van der Waals surface area (Å²) in [7, 11) is 3.81. The van der Waals surface area contributed by atoms with Crippen LogP contribution in [0.15, 0.2) is 53.9 Å². The van der Waals surface area contributed by atoms with Gasteiger partial charge in [-0.2, -0.15) is 0 Å². The van der Waals surface area contributed by atoms with Crippen LogP contribution >= 0.6 is 11.3 Å². The zero-order valence-electron chi connectivity index (χ0n) is 18.7. The van der Waals surface area contributed by atoms with Gasteiger partial charge in [0.15, 0.2) is 0 Å². The molecule has 0 saturated carbocycles. The third-order valence-corrected chi connectivity index (χ3v) is 6.68. The number of benzene rings is 2. The summed E-state index contributed by atoms with van der Waals surface area (Å²) in [5.74, 6) is 0.733. The van der Waals surface area contributed by atoms with Crippen molar-refractivity contribution in [1.29, 1.82) is 0 Å². The van der Waals surface area contributed by atoms with Gasteiger partial charge in [-0.15, -0.1) is 11.3 Å². The van der Waals surface area contributed by atoms with Gasteiger partial charge in [0.25, 0.3) is 0 Å². The van der Waals surface area contributed by atoms with Crippen molar-refractivity contribution in [1.82, 2.24) is 20.1 Å². The van der Waals surface area contributed by atoms with Crippen molar-refractivity contribution >= 4 is 17.2 Å². The number of nitrogens with one attached hydrogen (secondary N) is 1. The third-order valence-electron chi connectivity index (χ3n) is 5.74. The van der Waals surface area contributed by atoms with Gasteiger partial charge < -0.3 is 15.0 Å². The summed E-state index contributed by atoms with van der Waals surface area (Å²) in [5.41, 5.74) is 4.17. The molecule has 0 spiro atoms. The molecular formula is C25H30N4O2S. The number of carbonyl (C=O) groups is 1. The first-order chi connectivity index (χ1) is 15.6. The summed E-state index contributed by atoms with van der Waals surface area (Å²) in [6, 6.07) is 16.3. The van der Waals surface area contributed by atoms with E-state index >= 15 is 0 Å². The Morgan fingerprint density at radius 1 is 1.12 bits per heavy atom. The fraction of sp³-hybridized carbons (Fsp3) is 0.360. The molecule has 7 heteroatoms. The smallest absolute Gasteiger partial charge is 0.226 e. The van der Waals surface area contributed by atoms with Gasteiger partial charge in [-0.1, -0.05) is 36.4 Å². The Kier molecular flexibility index (Phi) is 7.52. The second-order valence-corrected chi connectivity index (χ2v) is 9.05. The Morgan fingerprint density at radius 2 is 1.94 bits per heavy atom. The van der Waals surface area contributed by atoms with Gasteiger partial charge in [-0.3, -0.25) is 9.69 Å². The molecule has 3 aromatic rings. The van der Waals surface area contributed by atoms with Gasteiger partial charge in [0.2, 0.25) is 5.91 Å². The van der Waals surface area contributed by atoms with Crippen molar-refractivity contribution < 1.29 is 9.53 Å². The summed E-state index contributed by atoms with van der Waals surface area (Å²) >= 11 is 1.59. The highest BCUT2D eigenvalue weighted by atomic mass is 32.1. The molecule has 1 fully saturated rings. The molecule has 32 heavy (non-hydrogen) atoms. The zero-order chi connectivity index (χ0) is 22.3. The highest BCUT2D eigenvalue weighted by Gasteiger charge is 2.15. The van der Waals surface area contributed by atoms with Crippen molar-refractivity contribution in [3.63, 3.8) is 0 Å². The largest absolute Gasteiger partial charge is 0.496 e. The SMILES string of the molecule is COc1ccccc1CNC(=O)Cc1csc(-c2cccc(CN3CCN(C)CC3)c2)n1. The zero-order valence-corrected chi connectivity index (χ0v) is 19.5. The molecule has 168 valence electrons. The van der Waals surface area contributed by atoms with Crippen LogP contribution in [0.1, 0.15) is 16.8 Å². The van der Waals surface area contributed by atoms with Crippen LogP contribution in [0.25, 0.3) is 10.6 Å². The number of rotatable bonds is 8. The highest BCUT2D eigenvalue weighted by molar-refractivity contribution is 7.13. The normalized spacial score (nSPS) is 14.9. The van der Waals surface area contributed by atoms with Crippen molar-refractivity contribution in [2.45, 2.75) is 19.5 Å². The summed E-state index contributed by atoms with van der Waals surface area (Å²) in [6.07, 6.45) is 0.270. The Balaban J connectivity index is 1.33. The van der Waals surface area contributed by atoms with E-state index in [1.54, 1.807) is 18.4 Å².